The molecular weight excluding hydrogens is 414 g/mol. The van der Waals surface area contributed by atoms with Crippen molar-refractivity contribution in [3.63, 3.8) is 0 Å². The van der Waals surface area contributed by atoms with Crippen molar-refractivity contribution < 1.29 is 4.74 Å². The lowest BCUT2D eigenvalue weighted by atomic mass is 10.2. The minimum atomic E-state index is 0.684. The molecule has 4 rings (SSSR count). The topological polar surface area (TPSA) is 65.7 Å². The van der Waals surface area contributed by atoms with Gasteiger partial charge in [-0.05, 0) is 42.0 Å². The van der Waals surface area contributed by atoms with Crippen molar-refractivity contribution in [3.8, 4) is 11.4 Å². The van der Waals surface area contributed by atoms with Crippen molar-refractivity contribution in [1.82, 2.24) is 25.0 Å². The molecule has 26 heavy (non-hydrogen) atoms. The summed E-state index contributed by atoms with van der Waals surface area (Å²) < 4.78 is 7.97. The van der Waals surface area contributed by atoms with Crippen LogP contribution in [0.15, 0.2) is 64.4 Å². The maximum absolute atomic E-state index is 5.20. The van der Waals surface area contributed by atoms with Gasteiger partial charge in [0.25, 0.3) is 0 Å². The number of nitrogens with zero attached hydrogens (tertiary/aromatic N) is 5. The molecule has 0 saturated heterocycles. The standard InChI is InChI=1S/C18H14BrN5OS/c1-25-15-8-6-14(7-9-15)24-17-16(22-23-24)18(21-11-20-17)26-10-12-2-4-13(19)5-3-12/h2-9,11H,10H2,1H3. The molecule has 0 unspecified atom stereocenters. The smallest absolute Gasteiger partial charge is 0.187 e. The van der Waals surface area contributed by atoms with Crippen molar-refractivity contribution in [3.05, 3.63) is 64.9 Å². The molecule has 0 bridgehead atoms. The number of halogens is 1. The van der Waals surface area contributed by atoms with Crippen molar-refractivity contribution in [2.45, 2.75) is 10.8 Å². The van der Waals surface area contributed by atoms with Crippen LogP contribution in [0.3, 0.4) is 0 Å². The average molecular weight is 428 g/mol. The quantitative estimate of drug-likeness (QED) is 0.349. The summed E-state index contributed by atoms with van der Waals surface area (Å²) in [6, 6.07) is 15.8. The molecule has 0 fully saturated rings. The van der Waals surface area contributed by atoms with E-state index in [0.717, 1.165) is 26.7 Å². The van der Waals surface area contributed by atoms with Crippen LogP contribution < -0.4 is 4.74 Å². The second kappa shape index (κ2) is 7.43. The number of methoxy groups -OCH3 is 1. The molecule has 0 radical (unpaired) electrons. The van der Waals surface area contributed by atoms with Crippen LogP contribution in [0.4, 0.5) is 0 Å². The molecule has 0 atom stereocenters. The summed E-state index contributed by atoms with van der Waals surface area (Å²) in [5, 5.41) is 9.36. The van der Waals surface area contributed by atoms with Crippen molar-refractivity contribution in [2.24, 2.45) is 0 Å². The Balaban J connectivity index is 1.62. The summed E-state index contributed by atoms with van der Waals surface area (Å²) in [6.45, 7) is 0. The second-order valence-electron chi connectivity index (χ2n) is 5.47. The molecule has 130 valence electrons. The fourth-order valence-electron chi connectivity index (χ4n) is 2.46. The van der Waals surface area contributed by atoms with E-state index in [9.17, 15) is 0 Å². The first-order chi connectivity index (χ1) is 12.7. The van der Waals surface area contributed by atoms with Gasteiger partial charge in [0.15, 0.2) is 11.2 Å². The molecule has 0 saturated carbocycles. The van der Waals surface area contributed by atoms with Crippen LogP contribution in [0, 0.1) is 0 Å². The third-order valence-corrected chi connectivity index (χ3v) is 5.39. The molecule has 0 aliphatic rings. The summed E-state index contributed by atoms with van der Waals surface area (Å²) in [5.74, 6) is 1.59. The number of thioether (sulfide) groups is 1. The summed E-state index contributed by atoms with van der Waals surface area (Å²) in [5.41, 5.74) is 3.47. The van der Waals surface area contributed by atoms with E-state index in [1.807, 2.05) is 36.4 Å². The number of benzene rings is 2. The predicted molar refractivity (Wildman–Crippen MR) is 105 cm³/mol. The Kier molecular flexibility index (Phi) is 4.85. The first-order valence-corrected chi connectivity index (χ1v) is 9.60. The molecule has 4 aromatic rings. The van der Waals surface area contributed by atoms with E-state index < -0.39 is 0 Å². The number of hydrogen-bond donors (Lipinski definition) is 0. The van der Waals surface area contributed by atoms with Crippen molar-refractivity contribution in [1.29, 1.82) is 0 Å². The van der Waals surface area contributed by atoms with Crippen molar-refractivity contribution >= 4 is 38.9 Å². The van der Waals surface area contributed by atoms with Crippen LogP contribution >= 0.6 is 27.7 Å². The summed E-state index contributed by atoms with van der Waals surface area (Å²) in [6.07, 6.45) is 1.55. The van der Waals surface area contributed by atoms with Crippen LogP contribution in [0.25, 0.3) is 16.9 Å². The Bertz CT molecular complexity index is 1030. The Hall–Kier alpha value is -2.45. The van der Waals surface area contributed by atoms with Gasteiger partial charge < -0.3 is 4.74 Å². The van der Waals surface area contributed by atoms with E-state index in [-0.39, 0.29) is 0 Å². The molecule has 0 aliphatic carbocycles. The van der Waals surface area contributed by atoms with Gasteiger partial charge in [-0.2, -0.15) is 4.68 Å². The van der Waals surface area contributed by atoms with Crippen LogP contribution in [0.5, 0.6) is 5.75 Å². The molecule has 8 heteroatoms. The first kappa shape index (κ1) is 17.0. The molecule has 6 nitrogen and oxygen atoms in total. The Morgan fingerprint density at radius 2 is 1.81 bits per heavy atom. The fraction of sp³-hybridized carbons (Fsp3) is 0.111. The van der Waals surface area contributed by atoms with E-state index >= 15 is 0 Å². The third kappa shape index (κ3) is 3.42. The monoisotopic (exact) mass is 427 g/mol. The highest BCUT2D eigenvalue weighted by Crippen LogP contribution is 2.27. The number of aromatic nitrogens is 5. The van der Waals surface area contributed by atoms with Gasteiger partial charge in [-0.15, -0.1) is 5.10 Å². The SMILES string of the molecule is COc1ccc(-n2nnc3c(SCc4ccc(Br)cc4)ncnc32)cc1. The Labute approximate surface area is 162 Å². The van der Waals surface area contributed by atoms with E-state index in [4.69, 9.17) is 4.74 Å². The highest BCUT2D eigenvalue weighted by molar-refractivity contribution is 9.10. The molecule has 2 heterocycles. The van der Waals surface area contributed by atoms with Crippen LogP contribution in [-0.2, 0) is 5.75 Å². The van der Waals surface area contributed by atoms with E-state index in [2.05, 4.69) is 48.3 Å². The molecule has 0 aliphatic heterocycles. The highest BCUT2D eigenvalue weighted by Gasteiger charge is 2.13. The molecule has 0 spiro atoms. The van der Waals surface area contributed by atoms with E-state index in [1.165, 1.54) is 5.56 Å². The van der Waals surface area contributed by atoms with Gasteiger partial charge in [0, 0.05) is 10.2 Å². The maximum atomic E-state index is 5.20. The van der Waals surface area contributed by atoms with Crippen LogP contribution in [0.1, 0.15) is 5.56 Å². The summed E-state index contributed by atoms with van der Waals surface area (Å²) in [4.78, 5) is 8.74. The molecule has 2 aromatic carbocycles. The zero-order valence-corrected chi connectivity index (χ0v) is 16.2. The molecule has 0 amide bonds. The van der Waals surface area contributed by atoms with Gasteiger partial charge in [-0.3, -0.25) is 0 Å². The largest absolute Gasteiger partial charge is 0.497 e. The minimum absolute atomic E-state index is 0.684. The van der Waals surface area contributed by atoms with Gasteiger partial charge >= 0.3 is 0 Å². The Morgan fingerprint density at radius 3 is 2.54 bits per heavy atom. The number of fused-ring (bicyclic) bond motifs is 1. The van der Waals surface area contributed by atoms with Gasteiger partial charge in [0.05, 0.1) is 12.8 Å². The van der Waals surface area contributed by atoms with E-state index in [0.29, 0.717) is 11.2 Å². The molecule has 2 aromatic heterocycles. The molecule has 0 N–H and O–H groups in total. The van der Waals surface area contributed by atoms with E-state index in [1.54, 1.807) is 29.9 Å². The maximum Gasteiger partial charge on any atom is 0.187 e. The fourth-order valence-corrected chi connectivity index (χ4v) is 3.61. The lowest BCUT2D eigenvalue weighted by molar-refractivity contribution is 0.414. The number of ether oxygens (including phenoxy) is 1. The third-order valence-electron chi connectivity index (χ3n) is 3.81. The highest BCUT2D eigenvalue weighted by atomic mass is 79.9. The first-order valence-electron chi connectivity index (χ1n) is 7.82. The zero-order valence-electron chi connectivity index (χ0n) is 13.8. The van der Waals surface area contributed by atoms with Gasteiger partial charge in [-0.1, -0.05) is 45.0 Å². The molecular formula is C18H14BrN5OS. The number of rotatable bonds is 5. The van der Waals surface area contributed by atoms with Crippen LogP contribution in [-0.4, -0.2) is 32.1 Å². The lowest BCUT2D eigenvalue weighted by Crippen LogP contribution is -1.98. The Morgan fingerprint density at radius 1 is 1.04 bits per heavy atom. The minimum Gasteiger partial charge on any atom is -0.497 e. The average Bonchev–Trinajstić information content (AvgIpc) is 3.12. The summed E-state index contributed by atoms with van der Waals surface area (Å²) in [7, 11) is 1.64. The lowest BCUT2D eigenvalue weighted by Gasteiger charge is -2.04. The number of hydrogen-bond acceptors (Lipinski definition) is 6. The van der Waals surface area contributed by atoms with Gasteiger partial charge in [-0.25, -0.2) is 9.97 Å². The predicted octanol–water partition coefficient (Wildman–Crippen LogP) is 4.27. The van der Waals surface area contributed by atoms with Crippen LogP contribution in [0.2, 0.25) is 0 Å². The second-order valence-corrected chi connectivity index (χ2v) is 7.35. The summed E-state index contributed by atoms with van der Waals surface area (Å²) >= 11 is 5.07. The zero-order chi connectivity index (χ0) is 17.9. The van der Waals surface area contributed by atoms with Gasteiger partial charge in [0.2, 0.25) is 0 Å². The van der Waals surface area contributed by atoms with Crippen molar-refractivity contribution in [2.75, 3.05) is 7.11 Å². The normalized spacial score (nSPS) is 11.0. The van der Waals surface area contributed by atoms with Gasteiger partial charge in [0.1, 0.15) is 17.1 Å².